The molecule has 0 spiro atoms. The highest BCUT2D eigenvalue weighted by atomic mass is 32.2. The summed E-state index contributed by atoms with van der Waals surface area (Å²) in [5.74, 6) is -0.823. The summed E-state index contributed by atoms with van der Waals surface area (Å²) in [6.07, 6.45) is 0.444. The van der Waals surface area contributed by atoms with Crippen LogP contribution in [0.4, 0.5) is 10.5 Å². The van der Waals surface area contributed by atoms with E-state index in [0.717, 1.165) is 23.1 Å². The molecule has 2 heterocycles. The summed E-state index contributed by atoms with van der Waals surface area (Å²) in [6.45, 7) is 2.56. The number of esters is 1. The zero-order valence-electron chi connectivity index (χ0n) is 19.0. The summed E-state index contributed by atoms with van der Waals surface area (Å²) in [4.78, 5) is 28.5. The summed E-state index contributed by atoms with van der Waals surface area (Å²) in [7, 11) is -3.58. The van der Waals surface area contributed by atoms with Crippen molar-refractivity contribution < 1.29 is 31.7 Å². The molecule has 1 unspecified atom stereocenters. The van der Waals surface area contributed by atoms with E-state index in [1.165, 1.54) is 0 Å². The molecule has 0 saturated carbocycles. The number of cyclic esters (lactones) is 1. The number of carbonyl (C=O) groups is 2. The summed E-state index contributed by atoms with van der Waals surface area (Å²) in [6, 6.07) is 17.3. The van der Waals surface area contributed by atoms with Gasteiger partial charge in [0.1, 0.15) is 19.3 Å². The third-order valence-electron chi connectivity index (χ3n) is 5.94. The Hall–Kier alpha value is -3.11. The van der Waals surface area contributed by atoms with Gasteiger partial charge in [-0.15, -0.1) is 0 Å². The van der Waals surface area contributed by atoms with Crippen LogP contribution in [0.15, 0.2) is 54.6 Å². The highest BCUT2D eigenvalue weighted by Gasteiger charge is 2.36. The molecule has 0 aromatic heterocycles. The standard InChI is InChI=1S/C24H28N2O7S/c1-34(29,30)32-17-21-15-22(23(27)33-21)19-7-9-20(10-8-19)25-11-13-26(14-12-25)24(28)31-16-18-5-3-2-4-6-18/h2-10,21-22H,11-17H2,1H3/t21-,22?/m1/s1. The maximum atomic E-state index is 12.4. The van der Waals surface area contributed by atoms with Gasteiger partial charge in [-0.3, -0.25) is 8.98 Å². The Kier molecular flexibility index (Phi) is 7.38. The minimum atomic E-state index is -3.58. The molecule has 0 aliphatic carbocycles. The number of ether oxygens (including phenoxy) is 2. The Morgan fingerprint density at radius 2 is 1.71 bits per heavy atom. The van der Waals surface area contributed by atoms with Crippen molar-refractivity contribution in [2.45, 2.75) is 25.0 Å². The van der Waals surface area contributed by atoms with E-state index in [-0.39, 0.29) is 25.3 Å². The number of hydrogen-bond acceptors (Lipinski definition) is 8. The highest BCUT2D eigenvalue weighted by Crippen LogP contribution is 2.32. The van der Waals surface area contributed by atoms with Gasteiger partial charge in [0, 0.05) is 38.3 Å². The normalized spacial score (nSPS) is 20.8. The summed E-state index contributed by atoms with van der Waals surface area (Å²) < 4.78 is 37.8. The number of rotatable bonds is 7. The lowest BCUT2D eigenvalue weighted by Gasteiger charge is -2.35. The van der Waals surface area contributed by atoms with Gasteiger partial charge >= 0.3 is 12.1 Å². The number of nitrogens with zero attached hydrogens (tertiary/aromatic N) is 2. The largest absolute Gasteiger partial charge is 0.459 e. The second-order valence-electron chi connectivity index (χ2n) is 8.44. The van der Waals surface area contributed by atoms with Gasteiger partial charge in [0.25, 0.3) is 10.1 Å². The van der Waals surface area contributed by atoms with Crippen LogP contribution in [0.5, 0.6) is 0 Å². The van der Waals surface area contributed by atoms with E-state index in [1.807, 2.05) is 54.6 Å². The summed E-state index contributed by atoms with van der Waals surface area (Å²) in [5.41, 5.74) is 2.78. The van der Waals surface area contributed by atoms with Gasteiger partial charge in [0.05, 0.1) is 12.2 Å². The van der Waals surface area contributed by atoms with Gasteiger partial charge in [0.15, 0.2) is 0 Å². The molecule has 2 aliphatic heterocycles. The first-order valence-corrected chi connectivity index (χ1v) is 13.0. The second-order valence-corrected chi connectivity index (χ2v) is 10.1. The van der Waals surface area contributed by atoms with E-state index in [2.05, 4.69) is 4.90 Å². The van der Waals surface area contributed by atoms with Crippen LogP contribution < -0.4 is 4.90 Å². The Morgan fingerprint density at radius 1 is 1.03 bits per heavy atom. The zero-order valence-corrected chi connectivity index (χ0v) is 19.8. The molecule has 10 heteroatoms. The summed E-state index contributed by atoms with van der Waals surface area (Å²) in [5, 5.41) is 0. The summed E-state index contributed by atoms with van der Waals surface area (Å²) >= 11 is 0. The molecule has 182 valence electrons. The van der Waals surface area contributed by atoms with Crippen molar-refractivity contribution in [3.63, 3.8) is 0 Å². The smallest absolute Gasteiger partial charge is 0.410 e. The van der Waals surface area contributed by atoms with Crippen LogP contribution in [-0.4, -0.2) is 70.5 Å². The predicted molar refractivity (Wildman–Crippen MR) is 125 cm³/mol. The van der Waals surface area contributed by atoms with E-state index in [0.29, 0.717) is 32.6 Å². The molecule has 2 aliphatic rings. The molecule has 34 heavy (non-hydrogen) atoms. The average molecular weight is 489 g/mol. The number of anilines is 1. The first-order valence-electron chi connectivity index (χ1n) is 11.1. The minimum absolute atomic E-state index is 0.169. The third-order valence-corrected chi connectivity index (χ3v) is 6.50. The number of piperazine rings is 1. The van der Waals surface area contributed by atoms with E-state index in [1.54, 1.807) is 4.90 Å². The molecule has 2 aromatic rings. The molecule has 0 N–H and O–H groups in total. The highest BCUT2D eigenvalue weighted by molar-refractivity contribution is 7.85. The van der Waals surface area contributed by atoms with Gasteiger partial charge in [-0.1, -0.05) is 42.5 Å². The molecular weight excluding hydrogens is 460 g/mol. The van der Waals surface area contributed by atoms with Crippen molar-refractivity contribution >= 4 is 27.9 Å². The number of carbonyl (C=O) groups excluding carboxylic acids is 2. The van der Waals surface area contributed by atoms with Gasteiger partial charge in [-0.25, -0.2) is 4.79 Å². The zero-order chi connectivity index (χ0) is 24.1. The Balaban J connectivity index is 1.26. The monoisotopic (exact) mass is 488 g/mol. The van der Waals surface area contributed by atoms with E-state index >= 15 is 0 Å². The number of hydrogen-bond donors (Lipinski definition) is 0. The van der Waals surface area contributed by atoms with Crippen molar-refractivity contribution in [1.29, 1.82) is 0 Å². The molecule has 0 bridgehead atoms. The van der Waals surface area contributed by atoms with Crippen LogP contribution in [-0.2, 0) is 35.2 Å². The van der Waals surface area contributed by atoms with E-state index < -0.39 is 22.1 Å². The van der Waals surface area contributed by atoms with E-state index in [4.69, 9.17) is 13.7 Å². The second kappa shape index (κ2) is 10.4. The quantitative estimate of drug-likeness (QED) is 0.433. The number of amides is 1. The van der Waals surface area contributed by atoms with Crippen LogP contribution in [0.1, 0.15) is 23.5 Å². The Bertz CT molecular complexity index is 1100. The van der Waals surface area contributed by atoms with Crippen molar-refractivity contribution in [2.75, 3.05) is 43.9 Å². The average Bonchev–Trinajstić information content (AvgIpc) is 3.22. The Morgan fingerprint density at radius 3 is 2.35 bits per heavy atom. The van der Waals surface area contributed by atoms with Crippen LogP contribution >= 0.6 is 0 Å². The fourth-order valence-corrected chi connectivity index (χ4v) is 4.50. The first-order chi connectivity index (χ1) is 16.3. The molecule has 2 saturated heterocycles. The molecule has 1 amide bonds. The molecular formula is C24H28N2O7S. The van der Waals surface area contributed by atoms with Gasteiger partial charge < -0.3 is 19.3 Å². The van der Waals surface area contributed by atoms with Gasteiger partial charge in [-0.2, -0.15) is 8.42 Å². The SMILES string of the molecule is CS(=O)(=O)OC[C@H]1CC(c2ccc(N3CCN(C(=O)OCc4ccccc4)CC3)cc2)C(=O)O1. The van der Waals surface area contributed by atoms with Crippen molar-refractivity contribution in [3.8, 4) is 0 Å². The maximum absolute atomic E-state index is 12.4. The lowest BCUT2D eigenvalue weighted by molar-refractivity contribution is -0.143. The van der Waals surface area contributed by atoms with Crippen molar-refractivity contribution in [1.82, 2.24) is 4.90 Å². The Labute approximate surface area is 199 Å². The van der Waals surface area contributed by atoms with Crippen molar-refractivity contribution in [2.24, 2.45) is 0 Å². The lowest BCUT2D eigenvalue weighted by atomic mass is 9.95. The third kappa shape index (κ3) is 6.27. The molecule has 0 radical (unpaired) electrons. The van der Waals surface area contributed by atoms with Crippen LogP contribution in [0, 0.1) is 0 Å². The van der Waals surface area contributed by atoms with Crippen molar-refractivity contribution in [3.05, 3.63) is 65.7 Å². The molecule has 9 nitrogen and oxygen atoms in total. The van der Waals surface area contributed by atoms with Crippen LogP contribution in [0.25, 0.3) is 0 Å². The maximum Gasteiger partial charge on any atom is 0.410 e. The van der Waals surface area contributed by atoms with Crippen LogP contribution in [0.2, 0.25) is 0 Å². The fourth-order valence-electron chi connectivity index (χ4n) is 4.10. The van der Waals surface area contributed by atoms with Gasteiger partial charge in [-0.05, 0) is 23.3 Å². The molecule has 2 fully saturated rings. The molecule has 2 atom stereocenters. The van der Waals surface area contributed by atoms with E-state index in [9.17, 15) is 18.0 Å². The first kappa shape index (κ1) is 24.0. The lowest BCUT2D eigenvalue weighted by Crippen LogP contribution is -2.48. The molecule has 2 aromatic carbocycles. The number of benzene rings is 2. The molecule has 4 rings (SSSR count). The fraction of sp³-hybridized carbons (Fsp3) is 0.417. The topological polar surface area (TPSA) is 102 Å². The minimum Gasteiger partial charge on any atom is -0.459 e. The van der Waals surface area contributed by atoms with Crippen LogP contribution in [0.3, 0.4) is 0 Å². The predicted octanol–water partition coefficient (Wildman–Crippen LogP) is 2.52. The van der Waals surface area contributed by atoms with Gasteiger partial charge in [0.2, 0.25) is 0 Å².